The molecule has 3 aromatic carbocycles. The third kappa shape index (κ3) is 4.67. The highest BCUT2D eigenvalue weighted by Gasteiger charge is 2.17. The highest BCUT2D eigenvalue weighted by Crippen LogP contribution is 2.38. The van der Waals surface area contributed by atoms with Crippen LogP contribution in [-0.2, 0) is 0 Å². The highest BCUT2D eigenvalue weighted by molar-refractivity contribution is 6.00. The summed E-state index contributed by atoms with van der Waals surface area (Å²) in [6.07, 6.45) is 0. The lowest BCUT2D eigenvalue weighted by atomic mass is 10.1. The molecule has 0 saturated heterocycles. The van der Waals surface area contributed by atoms with E-state index in [1.54, 1.807) is 21.3 Å². The molecule has 0 fully saturated rings. The number of anilines is 1. The summed E-state index contributed by atoms with van der Waals surface area (Å²) >= 11 is 0. The van der Waals surface area contributed by atoms with Crippen molar-refractivity contribution in [3.63, 3.8) is 0 Å². The number of methoxy groups -OCH3 is 3. The monoisotopic (exact) mass is 443 g/mol. The first kappa shape index (κ1) is 22.0. The Hall–Kier alpha value is -4.26. The maximum Gasteiger partial charge on any atom is 0.316 e. The van der Waals surface area contributed by atoms with E-state index in [9.17, 15) is 0 Å². The lowest BCUT2D eigenvalue weighted by Crippen LogP contribution is -2.03. The number of nitrogens with one attached hydrogen (secondary N) is 1. The average Bonchev–Trinajstić information content (AvgIpc) is 3.31. The van der Waals surface area contributed by atoms with E-state index >= 15 is 0 Å². The zero-order valence-corrected chi connectivity index (χ0v) is 19.0. The number of benzene rings is 3. The van der Waals surface area contributed by atoms with Gasteiger partial charge in [-0.1, -0.05) is 60.7 Å². The van der Waals surface area contributed by atoms with Gasteiger partial charge < -0.3 is 18.6 Å². The molecular weight excluding hydrogens is 418 g/mol. The van der Waals surface area contributed by atoms with Crippen LogP contribution in [0, 0.1) is 0 Å². The van der Waals surface area contributed by atoms with Gasteiger partial charge in [0.15, 0.2) is 17.3 Å². The van der Waals surface area contributed by atoms with Crippen LogP contribution >= 0.6 is 0 Å². The quantitative estimate of drug-likeness (QED) is 0.271. The van der Waals surface area contributed by atoms with Gasteiger partial charge in [0.2, 0.25) is 5.75 Å². The maximum atomic E-state index is 6.07. The van der Waals surface area contributed by atoms with Crippen molar-refractivity contribution >= 4 is 11.7 Å². The molecule has 0 aliphatic carbocycles. The molecule has 0 amide bonds. The minimum Gasteiger partial charge on any atom is -0.493 e. The summed E-state index contributed by atoms with van der Waals surface area (Å²) in [7, 11) is 4.73. The Balaban J connectivity index is 1.68. The van der Waals surface area contributed by atoms with E-state index in [1.165, 1.54) is 0 Å². The van der Waals surface area contributed by atoms with Gasteiger partial charge in [0.05, 0.1) is 27.0 Å². The molecule has 0 unspecified atom stereocenters. The van der Waals surface area contributed by atoms with Gasteiger partial charge in [-0.25, -0.2) is 5.43 Å². The summed E-state index contributed by atoms with van der Waals surface area (Å²) in [6.45, 7) is 1.87. The number of hydrogen-bond acceptors (Lipinski definition) is 7. The molecule has 0 atom stereocenters. The molecule has 0 aliphatic heterocycles. The Morgan fingerprint density at radius 1 is 0.818 bits per heavy atom. The van der Waals surface area contributed by atoms with E-state index in [0.29, 0.717) is 34.7 Å². The van der Waals surface area contributed by atoms with Gasteiger partial charge in [-0.15, -0.1) is 0 Å². The second kappa shape index (κ2) is 9.91. The lowest BCUT2D eigenvalue weighted by molar-refractivity contribution is 0.324. The fourth-order valence-corrected chi connectivity index (χ4v) is 3.43. The predicted octanol–water partition coefficient (Wildman–Crippen LogP) is 5.87. The Morgan fingerprint density at radius 2 is 1.39 bits per heavy atom. The van der Waals surface area contributed by atoms with Crippen LogP contribution in [0.15, 0.2) is 82.3 Å². The molecule has 1 aromatic heterocycles. The van der Waals surface area contributed by atoms with Crippen molar-refractivity contribution < 1.29 is 18.6 Å². The van der Waals surface area contributed by atoms with Crippen molar-refractivity contribution in [2.45, 2.75) is 6.92 Å². The number of ether oxygens (including phenoxy) is 3. The molecule has 7 nitrogen and oxygen atoms in total. The van der Waals surface area contributed by atoms with Gasteiger partial charge in [0, 0.05) is 16.7 Å². The van der Waals surface area contributed by atoms with E-state index in [2.05, 4.69) is 15.5 Å². The van der Waals surface area contributed by atoms with E-state index < -0.39 is 0 Å². The number of aromatic nitrogens is 1. The Labute approximate surface area is 192 Å². The van der Waals surface area contributed by atoms with Gasteiger partial charge in [-0.3, -0.25) is 0 Å². The smallest absolute Gasteiger partial charge is 0.316 e. The summed E-state index contributed by atoms with van der Waals surface area (Å²) in [5, 5.41) is 4.47. The number of nitrogens with zero attached hydrogens (tertiary/aromatic N) is 2. The first-order valence-electron chi connectivity index (χ1n) is 10.4. The normalized spacial score (nSPS) is 11.2. The largest absolute Gasteiger partial charge is 0.493 e. The molecule has 0 aliphatic rings. The van der Waals surface area contributed by atoms with Crippen LogP contribution in [-0.4, -0.2) is 32.0 Å². The third-order valence-corrected chi connectivity index (χ3v) is 5.11. The van der Waals surface area contributed by atoms with Crippen LogP contribution in [0.1, 0.15) is 12.5 Å². The van der Waals surface area contributed by atoms with Gasteiger partial charge in [0.1, 0.15) is 5.69 Å². The number of hydrogen-bond donors (Lipinski definition) is 1. The molecule has 4 rings (SSSR count). The summed E-state index contributed by atoms with van der Waals surface area (Å²) in [4.78, 5) is 4.66. The molecule has 0 saturated carbocycles. The molecule has 7 heteroatoms. The van der Waals surface area contributed by atoms with Gasteiger partial charge >= 0.3 is 6.01 Å². The summed E-state index contributed by atoms with van der Waals surface area (Å²) in [5.74, 6) is 2.30. The molecular formula is C26H25N3O4. The summed E-state index contributed by atoms with van der Waals surface area (Å²) < 4.78 is 22.3. The maximum absolute atomic E-state index is 6.07. The minimum atomic E-state index is 0.291. The van der Waals surface area contributed by atoms with E-state index in [1.807, 2.05) is 79.7 Å². The van der Waals surface area contributed by atoms with Gasteiger partial charge in [0.25, 0.3) is 0 Å². The number of hydrazone groups is 1. The van der Waals surface area contributed by atoms with E-state index in [4.69, 9.17) is 18.6 Å². The molecule has 0 radical (unpaired) electrons. The summed E-state index contributed by atoms with van der Waals surface area (Å²) in [5.41, 5.74) is 7.07. The number of rotatable bonds is 8. The molecule has 1 N–H and O–H groups in total. The first-order chi connectivity index (χ1) is 16.1. The second-order valence-electron chi connectivity index (χ2n) is 7.15. The molecule has 1 heterocycles. The standard InChI is InChI=1S/C26H25N3O4/c1-17(20-15-21(30-2)25(32-4)22(16-20)31-3)28-29-26-27-23(18-11-7-5-8-12-18)24(33-26)19-13-9-6-10-14-19/h5-16H,1-4H3,(H,27,29)/b28-17+. The highest BCUT2D eigenvalue weighted by atomic mass is 16.5. The molecule has 168 valence electrons. The predicted molar refractivity (Wildman–Crippen MR) is 129 cm³/mol. The lowest BCUT2D eigenvalue weighted by Gasteiger charge is -2.14. The molecule has 33 heavy (non-hydrogen) atoms. The van der Waals surface area contributed by atoms with Crippen molar-refractivity contribution in [1.82, 2.24) is 4.98 Å². The number of oxazole rings is 1. The average molecular weight is 444 g/mol. The van der Waals surface area contributed by atoms with Crippen molar-refractivity contribution in [3.05, 3.63) is 78.4 Å². The fourth-order valence-electron chi connectivity index (χ4n) is 3.43. The Morgan fingerprint density at radius 3 is 1.94 bits per heavy atom. The van der Waals surface area contributed by atoms with Crippen LogP contribution < -0.4 is 19.6 Å². The Kier molecular flexibility index (Phi) is 6.59. The van der Waals surface area contributed by atoms with Crippen molar-refractivity contribution in [1.29, 1.82) is 0 Å². The van der Waals surface area contributed by atoms with Crippen LogP contribution in [0.2, 0.25) is 0 Å². The van der Waals surface area contributed by atoms with Crippen LogP contribution in [0.4, 0.5) is 6.01 Å². The van der Waals surface area contributed by atoms with Crippen LogP contribution in [0.3, 0.4) is 0 Å². The van der Waals surface area contributed by atoms with E-state index in [-0.39, 0.29) is 0 Å². The van der Waals surface area contributed by atoms with Gasteiger partial charge in [-0.05, 0) is 19.1 Å². The zero-order valence-electron chi connectivity index (χ0n) is 19.0. The van der Waals surface area contributed by atoms with E-state index in [0.717, 1.165) is 22.4 Å². The summed E-state index contributed by atoms with van der Waals surface area (Å²) in [6, 6.07) is 23.7. The second-order valence-corrected chi connectivity index (χ2v) is 7.15. The van der Waals surface area contributed by atoms with Gasteiger partial charge in [-0.2, -0.15) is 10.1 Å². The molecule has 0 bridgehead atoms. The van der Waals surface area contributed by atoms with Crippen molar-refractivity contribution in [2.24, 2.45) is 5.10 Å². The zero-order chi connectivity index (χ0) is 23.2. The Bertz CT molecular complexity index is 1170. The van der Waals surface area contributed by atoms with Crippen molar-refractivity contribution in [3.8, 4) is 39.8 Å². The van der Waals surface area contributed by atoms with Crippen molar-refractivity contribution in [2.75, 3.05) is 26.8 Å². The first-order valence-corrected chi connectivity index (χ1v) is 10.4. The third-order valence-electron chi connectivity index (χ3n) is 5.11. The topological polar surface area (TPSA) is 78.1 Å². The van der Waals surface area contributed by atoms with Crippen LogP contribution in [0.25, 0.3) is 22.6 Å². The molecule has 0 spiro atoms. The SMILES string of the molecule is COc1cc(/C(C)=N/Nc2nc(-c3ccccc3)c(-c3ccccc3)o2)cc(OC)c1OC. The molecule has 4 aromatic rings. The fraction of sp³-hybridized carbons (Fsp3) is 0.154. The van der Waals surface area contributed by atoms with Crippen LogP contribution in [0.5, 0.6) is 17.2 Å². The minimum absolute atomic E-state index is 0.291.